The van der Waals surface area contributed by atoms with Gasteiger partial charge in [0.15, 0.2) is 5.82 Å². The zero-order valence-corrected chi connectivity index (χ0v) is 12.0. The lowest BCUT2D eigenvalue weighted by molar-refractivity contribution is 0.0687. The van der Waals surface area contributed by atoms with Gasteiger partial charge in [-0.1, -0.05) is 0 Å². The second-order valence-corrected chi connectivity index (χ2v) is 5.10. The molecule has 2 aromatic rings. The Hall–Kier alpha value is -2.21. The minimum absolute atomic E-state index is 0.0174. The zero-order valence-electron chi connectivity index (χ0n) is 12.0. The fourth-order valence-corrected chi connectivity index (χ4v) is 2.44. The summed E-state index contributed by atoms with van der Waals surface area (Å²) >= 11 is 0. The first-order valence-corrected chi connectivity index (χ1v) is 7.10. The third-order valence-corrected chi connectivity index (χ3v) is 3.68. The van der Waals surface area contributed by atoms with Gasteiger partial charge in [-0.2, -0.15) is 5.10 Å². The van der Waals surface area contributed by atoms with Gasteiger partial charge in [-0.3, -0.25) is 4.79 Å². The molecule has 0 aromatic carbocycles. The quantitative estimate of drug-likeness (QED) is 0.840. The number of carbonyl (C=O) groups excluding carboxylic acids is 1. The summed E-state index contributed by atoms with van der Waals surface area (Å²) in [5, 5.41) is 4.14. The number of rotatable bonds is 2. The van der Waals surface area contributed by atoms with Crippen molar-refractivity contribution in [2.45, 2.75) is 19.4 Å². The van der Waals surface area contributed by atoms with Gasteiger partial charge in [0.2, 0.25) is 0 Å². The lowest BCUT2D eigenvalue weighted by Gasteiger charge is -2.26. The van der Waals surface area contributed by atoms with Crippen LogP contribution in [0.1, 0.15) is 23.7 Å². The van der Waals surface area contributed by atoms with E-state index in [9.17, 15) is 4.79 Å². The van der Waals surface area contributed by atoms with Crippen LogP contribution in [0.25, 0.3) is 5.82 Å². The third-order valence-electron chi connectivity index (χ3n) is 3.68. The summed E-state index contributed by atoms with van der Waals surface area (Å²) in [6.07, 6.45) is 6.00. The van der Waals surface area contributed by atoms with Gasteiger partial charge >= 0.3 is 0 Å². The van der Waals surface area contributed by atoms with Gasteiger partial charge < -0.3 is 9.64 Å². The average molecular weight is 286 g/mol. The predicted octanol–water partition coefficient (Wildman–Crippen LogP) is 1.52. The molecule has 0 N–H and O–H groups in total. The molecule has 1 amide bonds. The van der Waals surface area contributed by atoms with Crippen molar-refractivity contribution < 1.29 is 9.53 Å². The van der Waals surface area contributed by atoms with Gasteiger partial charge in [-0.25, -0.2) is 9.67 Å². The topological polar surface area (TPSA) is 60.2 Å². The van der Waals surface area contributed by atoms with Crippen molar-refractivity contribution in [1.29, 1.82) is 0 Å². The number of hydrogen-bond acceptors (Lipinski definition) is 4. The molecule has 2 aromatic heterocycles. The Kier molecular flexibility index (Phi) is 3.96. The first kappa shape index (κ1) is 13.8. The van der Waals surface area contributed by atoms with Crippen LogP contribution in [0.3, 0.4) is 0 Å². The Labute approximate surface area is 123 Å². The zero-order chi connectivity index (χ0) is 14.7. The van der Waals surface area contributed by atoms with Crippen molar-refractivity contribution in [3.05, 3.63) is 42.4 Å². The van der Waals surface area contributed by atoms with Crippen LogP contribution in [-0.2, 0) is 4.74 Å². The van der Waals surface area contributed by atoms with Gasteiger partial charge in [-0.05, 0) is 31.5 Å². The third kappa shape index (κ3) is 2.95. The molecule has 21 heavy (non-hydrogen) atoms. The van der Waals surface area contributed by atoms with Crippen LogP contribution in [0.15, 0.2) is 36.8 Å². The Bertz CT molecular complexity index is 612. The molecule has 110 valence electrons. The van der Waals surface area contributed by atoms with Crippen LogP contribution in [0.2, 0.25) is 0 Å². The molecule has 1 atom stereocenters. The van der Waals surface area contributed by atoms with E-state index in [-0.39, 0.29) is 11.9 Å². The molecule has 0 aliphatic carbocycles. The minimum Gasteiger partial charge on any atom is -0.380 e. The second kappa shape index (κ2) is 6.05. The summed E-state index contributed by atoms with van der Waals surface area (Å²) in [7, 11) is 0. The highest BCUT2D eigenvalue weighted by molar-refractivity contribution is 5.94. The summed E-state index contributed by atoms with van der Waals surface area (Å²) in [6.45, 7) is 3.98. The first-order chi connectivity index (χ1) is 10.3. The van der Waals surface area contributed by atoms with E-state index in [4.69, 9.17) is 4.74 Å². The number of nitrogens with zero attached hydrogens (tertiary/aromatic N) is 4. The van der Waals surface area contributed by atoms with Gasteiger partial charge in [0.25, 0.3) is 5.91 Å². The highest BCUT2D eigenvalue weighted by Crippen LogP contribution is 2.15. The molecule has 1 unspecified atom stereocenters. The molecule has 3 heterocycles. The van der Waals surface area contributed by atoms with Gasteiger partial charge in [0, 0.05) is 43.3 Å². The molecule has 1 saturated heterocycles. The summed E-state index contributed by atoms with van der Waals surface area (Å²) in [6, 6.07) is 5.52. The summed E-state index contributed by atoms with van der Waals surface area (Å²) in [5.74, 6) is 0.661. The molecule has 0 radical (unpaired) electrons. The molecule has 6 nitrogen and oxygen atoms in total. The smallest absolute Gasteiger partial charge is 0.254 e. The van der Waals surface area contributed by atoms with Gasteiger partial charge in [-0.15, -0.1) is 0 Å². The average Bonchev–Trinajstić information content (AvgIpc) is 2.96. The maximum atomic E-state index is 12.7. The van der Waals surface area contributed by atoms with Crippen molar-refractivity contribution in [3.8, 4) is 5.82 Å². The van der Waals surface area contributed by atoms with E-state index < -0.39 is 0 Å². The summed E-state index contributed by atoms with van der Waals surface area (Å²) in [5.41, 5.74) is 0.629. The van der Waals surface area contributed by atoms with E-state index in [1.54, 1.807) is 35.4 Å². The maximum absolute atomic E-state index is 12.7. The molecular formula is C15H18N4O2. The van der Waals surface area contributed by atoms with E-state index in [0.717, 1.165) is 6.42 Å². The molecule has 3 rings (SSSR count). The molecule has 1 aliphatic rings. The fourth-order valence-electron chi connectivity index (χ4n) is 2.44. The van der Waals surface area contributed by atoms with Gasteiger partial charge in [0.1, 0.15) is 0 Å². The van der Waals surface area contributed by atoms with Crippen molar-refractivity contribution >= 4 is 5.91 Å². The highest BCUT2D eigenvalue weighted by atomic mass is 16.5. The Morgan fingerprint density at radius 3 is 3.10 bits per heavy atom. The first-order valence-electron chi connectivity index (χ1n) is 7.10. The number of carbonyl (C=O) groups is 1. The highest BCUT2D eigenvalue weighted by Gasteiger charge is 2.23. The summed E-state index contributed by atoms with van der Waals surface area (Å²) < 4.78 is 7.09. The van der Waals surface area contributed by atoms with E-state index >= 15 is 0 Å². The lowest BCUT2D eigenvalue weighted by atomic mass is 10.1. The van der Waals surface area contributed by atoms with Crippen molar-refractivity contribution in [2.24, 2.45) is 0 Å². The number of amides is 1. The normalized spacial score (nSPS) is 19.3. The van der Waals surface area contributed by atoms with Crippen LogP contribution >= 0.6 is 0 Å². The van der Waals surface area contributed by atoms with Gasteiger partial charge in [0.05, 0.1) is 6.61 Å². The predicted molar refractivity (Wildman–Crippen MR) is 77.3 cm³/mol. The van der Waals surface area contributed by atoms with E-state index in [0.29, 0.717) is 31.1 Å². The largest absolute Gasteiger partial charge is 0.380 e. The number of hydrogen-bond donors (Lipinski definition) is 0. The Balaban J connectivity index is 1.85. The molecule has 0 bridgehead atoms. The monoisotopic (exact) mass is 286 g/mol. The molecule has 0 saturated carbocycles. The molecule has 6 heteroatoms. The molecule has 1 fully saturated rings. The Morgan fingerprint density at radius 1 is 1.38 bits per heavy atom. The molecule has 1 aliphatic heterocycles. The molecular weight excluding hydrogens is 268 g/mol. The van der Waals surface area contributed by atoms with Crippen molar-refractivity contribution in [1.82, 2.24) is 19.7 Å². The minimum atomic E-state index is 0.0174. The maximum Gasteiger partial charge on any atom is 0.254 e. The summed E-state index contributed by atoms with van der Waals surface area (Å²) in [4.78, 5) is 18.8. The second-order valence-electron chi connectivity index (χ2n) is 5.10. The standard InChI is InChI=1S/C15H18N4O2/c1-12-4-9-21-10-8-18(12)15(20)13-3-6-16-14(11-13)19-7-2-5-17-19/h2-3,5-7,11-12H,4,8-10H2,1H3. The van der Waals surface area contributed by atoms with E-state index in [1.807, 2.05) is 11.0 Å². The van der Waals surface area contributed by atoms with Crippen molar-refractivity contribution in [2.75, 3.05) is 19.8 Å². The van der Waals surface area contributed by atoms with Crippen LogP contribution in [-0.4, -0.2) is 51.4 Å². The van der Waals surface area contributed by atoms with Crippen molar-refractivity contribution in [3.63, 3.8) is 0 Å². The van der Waals surface area contributed by atoms with Crippen LogP contribution in [0, 0.1) is 0 Å². The van der Waals surface area contributed by atoms with Crippen LogP contribution in [0.5, 0.6) is 0 Å². The van der Waals surface area contributed by atoms with Crippen LogP contribution in [0.4, 0.5) is 0 Å². The number of ether oxygens (including phenoxy) is 1. The number of aromatic nitrogens is 3. The van der Waals surface area contributed by atoms with Crippen LogP contribution < -0.4 is 0 Å². The van der Waals surface area contributed by atoms with E-state index in [2.05, 4.69) is 17.0 Å². The Morgan fingerprint density at radius 2 is 2.29 bits per heavy atom. The SMILES string of the molecule is CC1CCOCCN1C(=O)c1ccnc(-n2cccn2)c1. The molecule has 0 spiro atoms. The fraction of sp³-hybridized carbons (Fsp3) is 0.400. The lowest BCUT2D eigenvalue weighted by Crippen LogP contribution is -2.39. The van der Waals surface area contributed by atoms with E-state index in [1.165, 1.54) is 0 Å². The number of pyridine rings is 1.